The second-order valence-corrected chi connectivity index (χ2v) is 6.82. The Kier molecular flexibility index (Phi) is 16.0. The van der Waals surface area contributed by atoms with Gasteiger partial charge in [-0.15, -0.1) is 0 Å². The quantitative estimate of drug-likeness (QED) is 0.271. The lowest BCUT2D eigenvalue weighted by Gasteiger charge is -2.15. The van der Waals surface area contributed by atoms with Crippen molar-refractivity contribution in [1.29, 1.82) is 0 Å². The number of hydrogen-bond donors (Lipinski definition) is 1. The Morgan fingerprint density at radius 2 is 1.42 bits per heavy atom. The van der Waals surface area contributed by atoms with Gasteiger partial charge in [-0.05, 0) is 25.2 Å². The van der Waals surface area contributed by atoms with E-state index in [0.717, 1.165) is 44.9 Å². The highest BCUT2D eigenvalue weighted by Gasteiger charge is 2.10. The van der Waals surface area contributed by atoms with Gasteiger partial charge < -0.3 is 9.84 Å². The van der Waals surface area contributed by atoms with E-state index in [2.05, 4.69) is 13.8 Å². The van der Waals surface area contributed by atoms with E-state index in [1.54, 1.807) is 0 Å². The molecule has 0 amide bonds. The van der Waals surface area contributed by atoms with Crippen molar-refractivity contribution < 1.29 is 19.4 Å². The van der Waals surface area contributed by atoms with Crippen LogP contribution in [-0.4, -0.2) is 23.7 Å². The Morgan fingerprint density at radius 1 is 0.833 bits per heavy atom. The molecule has 1 N–H and O–H groups in total. The first-order chi connectivity index (χ1) is 11.6. The van der Waals surface area contributed by atoms with Gasteiger partial charge in [-0.25, -0.2) is 0 Å². The molecule has 0 aromatic carbocycles. The lowest BCUT2D eigenvalue weighted by Crippen LogP contribution is -2.13. The maximum atomic E-state index is 11.8. The van der Waals surface area contributed by atoms with E-state index in [4.69, 9.17) is 9.84 Å². The molecule has 0 rings (SSSR count). The first-order valence-corrected chi connectivity index (χ1v) is 9.97. The van der Waals surface area contributed by atoms with Crippen LogP contribution in [0, 0.1) is 5.92 Å². The summed E-state index contributed by atoms with van der Waals surface area (Å²) in [7, 11) is 0. The normalized spacial score (nSPS) is 12.1. The molecule has 24 heavy (non-hydrogen) atoms. The molecule has 0 bridgehead atoms. The topological polar surface area (TPSA) is 63.6 Å². The summed E-state index contributed by atoms with van der Waals surface area (Å²) >= 11 is 0. The van der Waals surface area contributed by atoms with Crippen LogP contribution in [0.4, 0.5) is 0 Å². The molecule has 0 aliphatic rings. The van der Waals surface area contributed by atoms with Gasteiger partial charge in [-0.2, -0.15) is 0 Å². The summed E-state index contributed by atoms with van der Waals surface area (Å²) in [6.07, 6.45) is 13.9. The monoisotopic (exact) mass is 342 g/mol. The molecule has 0 saturated heterocycles. The van der Waals surface area contributed by atoms with Crippen molar-refractivity contribution in [2.45, 2.75) is 104 Å². The summed E-state index contributed by atoms with van der Waals surface area (Å²) < 4.78 is 5.42. The molecule has 4 nitrogen and oxygen atoms in total. The third-order valence-electron chi connectivity index (χ3n) is 4.54. The van der Waals surface area contributed by atoms with Gasteiger partial charge in [0.2, 0.25) is 0 Å². The molecule has 0 spiro atoms. The Bertz CT molecular complexity index is 315. The van der Waals surface area contributed by atoms with Gasteiger partial charge in [0.1, 0.15) is 0 Å². The summed E-state index contributed by atoms with van der Waals surface area (Å²) in [6, 6.07) is 0. The molecule has 0 aromatic heterocycles. The standard InChI is InChI=1S/C20H38O4/c1-3-5-6-11-14-18(4-2)17-24-20(23)16-13-10-8-7-9-12-15-19(21)22/h18H,3-17H2,1-2H3,(H,21,22). The highest BCUT2D eigenvalue weighted by atomic mass is 16.5. The van der Waals surface area contributed by atoms with Crippen LogP contribution in [0.5, 0.6) is 0 Å². The Labute approximate surface area is 148 Å². The van der Waals surface area contributed by atoms with Crippen molar-refractivity contribution in [1.82, 2.24) is 0 Å². The number of carboxylic acids is 1. The molecular weight excluding hydrogens is 304 g/mol. The van der Waals surface area contributed by atoms with E-state index >= 15 is 0 Å². The first-order valence-electron chi connectivity index (χ1n) is 9.97. The van der Waals surface area contributed by atoms with Crippen LogP contribution < -0.4 is 0 Å². The number of carboxylic acid groups (broad SMARTS) is 1. The van der Waals surface area contributed by atoms with E-state index in [-0.39, 0.29) is 12.4 Å². The number of unbranched alkanes of at least 4 members (excludes halogenated alkanes) is 8. The average molecular weight is 343 g/mol. The van der Waals surface area contributed by atoms with E-state index in [1.165, 1.54) is 32.1 Å². The first kappa shape index (κ1) is 22.9. The van der Waals surface area contributed by atoms with Gasteiger partial charge >= 0.3 is 11.9 Å². The molecule has 0 radical (unpaired) electrons. The fourth-order valence-corrected chi connectivity index (χ4v) is 2.80. The highest BCUT2D eigenvalue weighted by molar-refractivity contribution is 5.69. The molecule has 1 atom stereocenters. The molecule has 0 aliphatic carbocycles. The van der Waals surface area contributed by atoms with E-state index in [1.807, 2.05) is 0 Å². The predicted octanol–water partition coefficient (Wildman–Crippen LogP) is 5.73. The molecular formula is C20H38O4. The fourth-order valence-electron chi connectivity index (χ4n) is 2.80. The SMILES string of the molecule is CCCCCCC(CC)COC(=O)CCCCCCCCC(=O)O. The van der Waals surface area contributed by atoms with Crippen LogP contribution in [0.1, 0.15) is 104 Å². The second-order valence-electron chi connectivity index (χ2n) is 6.82. The van der Waals surface area contributed by atoms with Gasteiger partial charge in [-0.1, -0.05) is 71.6 Å². The Balaban J connectivity index is 3.48. The van der Waals surface area contributed by atoms with Gasteiger partial charge in [0.25, 0.3) is 0 Å². The lowest BCUT2D eigenvalue weighted by molar-refractivity contribution is -0.145. The zero-order valence-corrected chi connectivity index (χ0v) is 15.9. The van der Waals surface area contributed by atoms with E-state index in [9.17, 15) is 9.59 Å². The van der Waals surface area contributed by atoms with Gasteiger partial charge in [-0.3, -0.25) is 9.59 Å². The van der Waals surface area contributed by atoms with Crippen molar-refractivity contribution in [3.63, 3.8) is 0 Å². The maximum absolute atomic E-state index is 11.8. The minimum absolute atomic E-state index is 0.0621. The smallest absolute Gasteiger partial charge is 0.305 e. The number of ether oxygens (including phenoxy) is 1. The van der Waals surface area contributed by atoms with Crippen molar-refractivity contribution in [3.05, 3.63) is 0 Å². The fraction of sp³-hybridized carbons (Fsp3) is 0.900. The predicted molar refractivity (Wildman–Crippen MR) is 98.1 cm³/mol. The average Bonchev–Trinajstić information content (AvgIpc) is 2.56. The molecule has 0 aromatic rings. The molecule has 0 saturated carbocycles. The van der Waals surface area contributed by atoms with Crippen LogP contribution in [0.25, 0.3) is 0 Å². The molecule has 0 aliphatic heterocycles. The zero-order chi connectivity index (χ0) is 18.0. The van der Waals surface area contributed by atoms with Crippen molar-refractivity contribution >= 4 is 11.9 Å². The Morgan fingerprint density at radius 3 is 2.00 bits per heavy atom. The number of hydrogen-bond acceptors (Lipinski definition) is 3. The number of carbonyl (C=O) groups excluding carboxylic acids is 1. The van der Waals surface area contributed by atoms with Crippen LogP contribution >= 0.6 is 0 Å². The van der Waals surface area contributed by atoms with Crippen LogP contribution in [0.15, 0.2) is 0 Å². The minimum atomic E-state index is -0.714. The van der Waals surface area contributed by atoms with Gasteiger partial charge in [0, 0.05) is 12.8 Å². The summed E-state index contributed by atoms with van der Waals surface area (Å²) in [5.74, 6) is -0.263. The summed E-state index contributed by atoms with van der Waals surface area (Å²) in [6.45, 7) is 4.97. The van der Waals surface area contributed by atoms with Crippen molar-refractivity contribution in [2.75, 3.05) is 6.61 Å². The zero-order valence-electron chi connectivity index (χ0n) is 15.9. The molecule has 0 fully saturated rings. The van der Waals surface area contributed by atoms with E-state index < -0.39 is 5.97 Å². The molecule has 1 unspecified atom stereocenters. The van der Waals surface area contributed by atoms with Crippen molar-refractivity contribution in [2.24, 2.45) is 5.92 Å². The Hall–Kier alpha value is -1.06. The molecule has 142 valence electrons. The number of esters is 1. The third-order valence-corrected chi connectivity index (χ3v) is 4.54. The van der Waals surface area contributed by atoms with E-state index in [0.29, 0.717) is 18.9 Å². The largest absolute Gasteiger partial charge is 0.481 e. The lowest BCUT2D eigenvalue weighted by atomic mass is 9.99. The second kappa shape index (κ2) is 16.8. The van der Waals surface area contributed by atoms with Crippen LogP contribution in [0.3, 0.4) is 0 Å². The van der Waals surface area contributed by atoms with Gasteiger partial charge in [0.15, 0.2) is 0 Å². The minimum Gasteiger partial charge on any atom is -0.481 e. The van der Waals surface area contributed by atoms with Gasteiger partial charge in [0.05, 0.1) is 6.61 Å². The third kappa shape index (κ3) is 15.8. The summed E-state index contributed by atoms with van der Waals surface area (Å²) in [5.41, 5.74) is 0. The maximum Gasteiger partial charge on any atom is 0.305 e. The number of carbonyl (C=O) groups is 2. The van der Waals surface area contributed by atoms with Crippen LogP contribution in [0.2, 0.25) is 0 Å². The number of aliphatic carboxylic acids is 1. The summed E-state index contributed by atoms with van der Waals surface area (Å²) in [5, 5.41) is 8.54. The number of rotatable bonds is 17. The molecule has 0 heterocycles. The molecule has 4 heteroatoms. The van der Waals surface area contributed by atoms with Crippen molar-refractivity contribution in [3.8, 4) is 0 Å². The highest BCUT2D eigenvalue weighted by Crippen LogP contribution is 2.15. The summed E-state index contributed by atoms with van der Waals surface area (Å²) in [4.78, 5) is 22.1. The van der Waals surface area contributed by atoms with Crippen LogP contribution in [-0.2, 0) is 14.3 Å².